The van der Waals surface area contributed by atoms with Crippen LogP contribution in [0.1, 0.15) is 191 Å². The van der Waals surface area contributed by atoms with Crippen molar-refractivity contribution in [1.29, 1.82) is 5.41 Å². The smallest absolute Gasteiger partial charge is 0.350 e. The molecule has 21 atom stereocenters. The number of hydrogen-bond donors (Lipinski definition) is 17. The van der Waals surface area contributed by atoms with Gasteiger partial charge in [-0.25, -0.2) is 9.59 Å². The average molecular weight is 1960 g/mol. The van der Waals surface area contributed by atoms with E-state index in [1.165, 1.54) is 83.3 Å². The number of hydrogen-bond acceptors (Lipinski definition) is 29. The first-order chi connectivity index (χ1) is 66.4. The van der Waals surface area contributed by atoms with Gasteiger partial charge in [-0.2, -0.15) is 0 Å². The number of Topliss-reactive ketones (excluding diaryl/α,β-unsaturated/α-hetero) is 1. The summed E-state index contributed by atoms with van der Waals surface area (Å²) in [7, 11) is 1.43. The highest BCUT2D eigenvalue weighted by Gasteiger charge is 2.79. The molecular weight excluding hydrogens is 1830 g/mol. The average Bonchev–Trinajstić information content (AvgIpc) is 0.703. The van der Waals surface area contributed by atoms with Crippen LogP contribution in [-0.2, 0) is 107 Å². The van der Waals surface area contributed by atoms with Gasteiger partial charge in [0.15, 0.2) is 23.4 Å². The van der Waals surface area contributed by atoms with E-state index in [4.69, 9.17) is 56.8 Å². The number of likely N-dealkylation sites (N-methyl/N-ethyl adjacent to an activating group) is 1. The Morgan fingerprint density at radius 1 is 0.671 bits per heavy atom. The van der Waals surface area contributed by atoms with Gasteiger partial charge in [0.1, 0.15) is 66.2 Å². The number of rotatable bonds is 47. The molecule has 10 rings (SSSR count). The van der Waals surface area contributed by atoms with E-state index in [2.05, 4.69) is 52.8 Å². The Balaban J connectivity index is 0.850. The topological polar surface area (TPSA) is 641 Å². The number of amides is 11. The normalized spacial score (nSPS) is 23.5. The molecule has 42 heteroatoms. The summed E-state index contributed by atoms with van der Waals surface area (Å²) >= 11 is 0.770. The Hall–Kier alpha value is -13.0. The van der Waals surface area contributed by atoms with Crippen LogP contribution >= 0.6 is 11.8 Å². The largest absolute Gasteiger partial charge is 0.455 e. The van der Waals surface area contributed by atoms with Gasteiger partial charge >= 0.3 is 29.8 Å². The van der Waals surface area contributed by atoms with Crippen molar-refractivity contribution in [1.82, 2.24) is 57.7 Å². The lowest BCUT2D eigenvalue weighted by atomic mass is 9.44. The summed E-state index contributed by atoms with van der Waals surface area (Å²) in [6.07, 6.45) is -11.3. The van der Waals surface area contributed by atoms with Crippen LogP contribution in [0.25, 0.3) is 10.9 Å². The highest BCUT2D eigenvalue weighted by atomic mass is 32.2. The first kappa shape index (κ1) is 109. The number of aromatic nitrogens is 1. The third-order valence-electron chi connectivity index (χ3n) is 27.3. The summed E-state index contributed by atoms with van der Waals surface area (Å²) in [5.74, 6) is -19.6. The molecule has 2 aliphatic heterocycles. The predicted molar refractivity (Wildman–Crippen MR) is 509 cm³/mol. The molecule has 0 radical (unpaired) electrons. The van der Waals surface area contributed by atoms with Gasteiger partial charge in [0.05, 0.1) is 47.3 Å². The maximum atomic E-state index is 16.1. The third kappa shape index (κ3) is 25.4. The summed E-state index contributed by atoms with van der Waals surface area (Å²) in [5, 5.41) is 58.3. The number of imide groups is 1. The molecule has 11 amide bonds. The number of guanidine groups is 1. The number of ether oxygens (including phenoxy) is 6. The minimum atomic E-state index is -2.65. The standard InChI is InChI=1S/C98H130N16O25S/c1-12-51(3)75(89(128)109-63(36-25-26-41-99)87(126)111-76(52(4)13-2)90(129)110-66(85(124)104-11)44-59-48-106-62-35-24-23-34-60(59)62)112-88(127)65(38-39-71(101)118)108-86(125)64(37-27-42-105-94(102)103)107-84(123)61(100)49-140-68-45-72(119)114(91(68)130)43-40-73(120)137-79(77(56-28-17-14-18-29-56)113-83(122)57-30-19-15-20-31-57)93(132)136-67-47-98(133)82(138-92(131)58-32-21-16-22-33-58)80-96(10,69(117)46-70-97(80,50-134-70)139-55(7)116)81(121)78(135-54(6)115)74(53(67)5)95(98,8)9/h14-24,28-35,48,51-52,61,63-70,75-80,82,106,117,133H,12-13,25-27,36-47,49-50,99-100H2,1-11H3,(H2,101,118)(H,104,124)(H,107,123)(H,108,125)(H,109,128)(H,110,129)(H,111,126)(H,112,127)(H,113,122)(H4,102,103,105)/t51?,52?,61-,63-,64-,65-,66-,67-,68?,69-,70+,75-,76-,77-,78+,79+,80?,82-,96+,97-,98+/m0/s1. The van der Waals surface area contributed by atoms with E-state index in [9.17, 15) is 82.1 Å². The van der Waals surface area contributed by atoms with Crippen molar-refractivity contribution in [3.8, 4) is 0 Å². The number of aliphatic hydroxyl groups excluding tert-OH is 1. The molecule has 2 bridgehead atoms. The highest BCUT2D eigenvalue weighted by Crippen LogP contribution is 2.65. The van der Waals surface area contributed by atoms with Gasteiger partial charge in [-0.1, -0.05) is 139 Å². The number of H-pyrrole nitrogens is 1. The lowest BCUT2D eigenvalue weighted by molar-refractivity contribution is -0.346. The van der Waals surface area contributed by atoms with E-state index in [-0.39, 0.29) is 79.5 Å². The molecule has 4 unspecified atom stereocenters. The van der Waals surface area contributed by atoms with Gasteiger partial charge in [0.2, 0.25) is 65.2 Å². The van der Waals surface area contributed by atoms with Crippen molar-refractivity contribution in [2.75, 3.05) is 39.0 Å². The van der Waals surface area contributed by atoms with Crippen LogP contribution in [0.4, 0.5) is 0 Å². The SMILES string of the molecule is CCC(C)[C@H](NC(=O)[C@H](CCCCN)NC(=O)[C@@H](NC(=O)[C@H](CCC(N)=O)NC(=O)[C@H](CCCNC(=N)N)NC(=O)[C@@H](N)CSC1CC(=O)N(CCC(=O)O[C@@H](C(=O)O[C@H]2C[C@@]3(O)[C@@H](OC(=O)c4ccccc4)C4[C@](C)(C(=O)[C@H](OC(C)=O)C(=C2C)C3(C)C)[C@@H](O)C[C@H]2OC[C@@]42OC(C)=O)[C@@H](NC(=O)c2ccccc2)c2ccccc2)C1=O)C(C)CC)C(=O)N[C@@H](Cc1c[nH]c2ccccc12)C(=O)NC. The van der Waals surface area contributed by atoms with E-state index in [1.54, 1.807) is 69.4 Å². The molecule has 140 heavy (non-hydrogen) atoms. The molecule has 4 fully saturated rings. The summed E-state index contributed by atoms with van der Waals surface area (Å²) < 4.78 is 37.3. The summed E-state index contributed by atoms with van der Waals surface area (Å²) in [5.41, 5.74) is 16.4. The van der Waals surface area contributed by atoms with Gasteiger partial charge in [-0.05, 0) is 123 Å². The number of carbonyl (C=O) groups excluding carboxylic acids is 17. The Morgan fingerprint density at radius 2 is 1.24 bits per heavy atom. The highest BCUT2D eigenvalue weighted by molar-refractivity contribution is 8.00. The predicted octanol–water partition coefficient (Wildman–Crippen LogP) is 1.99. The second-order valence-electron chi connectivity index (χ2n) is 37.0. The first-order valence-corrected chi connectivity index (χ1v) is 48.0. The molecular formula is C98H130N16O25S. The Morgan fingerprint density at radius 3 is 1.81 bits per heavy atom. The molecule has 41 nitrogen and oxygen atoms in total. The van der Waals surface area contributed by atoms with Crippen LogP contribution in [0.5, 0.6) is 0 Å². The van der Waals surface area contributed by atoms with Crippen LogP contribution in [-0.4, -0.2) is 261 Å². The van der Waals surface area contributed by atoms with Crippen molar-refractivity contribution < 1.29 is 120 Å². The lowest BCUT2D eigenvalue weighted by Gasteiger charge is -2.67. The number of thioether (sulfide) groups is 1. The zero-order valence-corrected chi connectivity index (χ0v) is 81.1. The summed E-state index contributed by atoms with van der Waals surface area (Å²) in [6.45, 7) is 13.8. The Kier molecular flexibility index (Phi) is 37.5. The minimum absolute atomic E-state index is 0.0139. The van der Waals surface area contributed by atoms with E-state index in [0.717, 1.165) is 47.0 Å². The number of benzene rings is 4. The van der Waals surface area contributed by atoms with E-state index < -0.39 is 288 Å². The number of nitrogens with zero attached hydrogens (tertiary/aromatic N) is 1. The van der Waals surface area contributed by atoms with Crippen molar-refractivity contribution >= 4 is 129 Å². The maximum Gasteiger partial charge on any atom is 0.350 e. The number of para-hydroxylation sites is 1. The lowest BCUT2D eigenvalue weighted by Crippen LogP contribution is -2.82. The number of primary amides is 1. The summed E-state index contributed by atoms with van der Waals surface area (Å²) in [6, 6.07) is 18.8. The molecule has 758 valence electrons. The van der Waals surface area contributed by atoms with Gasteiger partial charge < -0.3 is 114 Å². The molecule has 4 aromatic carbocycles. The Labute approximate surface area is 814 Å². The second-order valence-corrected chi connectivity index (χ2v) is 38.3. The number of aromatic amines is 1. The van der Waals surface area contributed by atoms with E-state index >= 15 is 9.59 Å². The quantitative estimate of drug-likeness (QED) is 0.00504. The monoisotopic (exact) mass is 1960 g/mol. The van der Waals surface area contributed by atoms with Crippen molar-refractivity contribution in [3.63, 3.8) is 0 Å². The molecule has 0 spiro atoms. The molecule has 3 heterocycles. The van der Waals surface area contributed by atoms with Gasteiger partial charge in [-0.3, -0.25) is 82.2 Å². The number of fused-ring (bicyclic) bond motifs is 6. The number of carbonyl (C=O) groups is 17. The molecule has 5 aliphatic rings. The fourth-order valence-corrected chi connectivity index (χ4v) is 20.1. The second kappa shape index (κ2) is 48.2. The zero-order chi connectivity index (χ0) is 103. The number of aliphatic hydroxyl groups is 2. The molecule has 5 aromatic rings. The van der Waals surface area contributed by atoms with Crippen LogP contribution in [0, 0.1) is 34.0 Å². The molecule has 2 saturated carbocycles. The van der Waals surface area contributed by atoms with Crippen LogP contribution in [0.3, 0.4) is 0 Å². The van der Waals surface area contributed by atoms with Gasteiger partial charge in [0, 0.05) is 99.9 Å². The van der Waals surface area contributed by atoms with Crippen molar-refractivity contribution in [2.45, 2.75) is 261 Å². The van der Waals surface area contributed by atoms with Crippen molar-refractivity contribution in [3.05, 3.63) is 155 Å². The molecule has 2 saturated heterocycles. The zero-order valence-electron chi connectivity index (χ0n) is 80.3. The first-order valence-electron chi connectivity index (χ1n) is 47.0. The number of nitrogens with one attached hydrogen (secondary N) is 11. The fourth-order valence-electron chi connectivity index (χ4n) is 19.0. The van der Waals surface area contributed by atoms with E-state index in [0.29, 0.717) is 19.3 Å². The third-order valence-corrected chi connectivity index (χ3v) is 28.7. The Bertz CT molecular complexity index is 5440. The maximum absolute atomic E-state index is 16.1. The number of nitrogens with two attached hydrogens (primary N) is 4. The fraction of sp³-hybridized carbons (Fsp3) is 0.531. The number of ketones is 1. The molecule has 3 aliphatic carbocycles. The summed E-state index contributed by atoms with van der Waals surface area (Å²) in [4.78, 5) is 249. The molecule has 21 N–H and O–H groups in total. The van der Waals surface area contributed by atoms with Crippen LogP contribution < -0.4 is 70.8 Å². The van der Waals surface area contributed by atoms with E-state index in [1.807, 2.05) is 31.2 Å². The van der Waals surface area contributed by atoms with Crippen LogP contribution in [0.2, 0.25) is 0 Å². The van der Waals surface area contributed by atoms with Crippen molar-refractivity contribution in [2.24, 2.45) is 51.5 Å². The number of esters is 5. The van der Waals surface area contributed by atoms with Gasteiger partial charge in [0.25, 0.3) is 5.91 Å². The number of likely N-dealkylation sites (tertiary alicyclic amines) is 1. The van der Waals surface area contributed by atoms with Crippen LogP contribution in [0.15, 0.2) is 133 Å². The minimum Gasteiger partial charge on any atom is -0.455 e. The molecule has 1 aromatic heterocycles. The van der Waals surface area contributed by atoms with Gasteiger partial charge in [-0.15, -0.1) is 11.8 Å². The number of unbranched alkanes of at least 4 members (excludes halogenated alkanes) is 1.